The zero-order chi connectivity index (χ0) is 17.2. The maximum atomic E-state index is 12.0. The molecule has 0 aliphatic rings. The SMILES string of the molecule is CN(CCCNC(=O)N[C@H](CO)c1ccccc1)c1ccccc1. The number of nitrogens with zero attached hydrogens (tertiary/aromatic N) is 1. The van der Waals surface area contributed by atoms with Gasteiger partial charge in [-0.15, -0.1) is 0 Å². The van der Waals surface area contributed by atoms with Crippen LogP contribution in [0.15, 0.2) is 60.7 Å². The van der Waals surface area contributed by atoms with Gasteiger partial charge >= 0.3 is 6.03 Å². The Morgan fingerprint density at radius 1 is 1.08 bits per heavy atom. The summed E-state index contributed by atoms with van der Waals surface area (Å²) in [5, 5.41) is 15.1. The molecule has 0 heterocycles. The summed E-state index contributed by atoms with van der Waals surface area (Å²) >= 11 is 0. The van der Waals surface area contributed by atoms with Crippen LogP contribution in [0.3, 0.4) is 0 Å². The Labute approximate surface area is 143 Å². The van der Waals surface area contributed by atoms with E-state index in [1.54, 1.807) is 0 Å². The Morgan fingerprint density at radius 3 is 2.33 bits per heavy atom. The molecule has 2 aromatic carbocycles. The van der Waals surface area contributed by atoms with E-state index in [-0.39, 0.29) is 12.6 Å². The van der Waals surface area contributed by atoms with Crippen molar-refractivity contribution in [3.63, 3.8) is 0 Å². The van der Waals surface area contributed by atoms with E-state index in [2.05, 4.69) is 27.7 Å². The Morgan fingerprint density at radius 2 is 1.71 bits per heavy atom. The summed E-state index contributed by atoms with van der Waals surface area (Å²) in [6.07, 6.45) is 0.841. The van der Waals surface area contributed by atoms with Crippen molar-refractivity contribution in [1.29, 1.82) is 0 Å². The topological polar surface area (TPSA) is 64.6 Å². The van der Waals surface area contributed by atoms with Crippen LogP contribution in [0.2, 0.25) is 0 Å². The Bertz CT molecular complexity index is 605. The van der Waals surface area contributed by atoms with Crippen LogP contribution in [0, 0.1) is 0 Å². The van der Waals surface area contributed by atoms with E-state index >= 15 is 0 Å². The summed E-state index contributed by atoms with van der Waals surface area (Å²) in [7, 11) is 2.03. The van der Waals surface area contributed by atoms with Gasteiger partial charge in [0.05, 0.1) is 12.6 Å². The molecule has 0 fully saturated rings. The lowest BCUT2D eigenvalue weighted by atomic mass is 10.1. The minimum Gasteiger partial charge on any atom is -0.394 e. The molecular formula is C19H25N3O2. The number of anilines is 1. The first-order valence-corrected chi connectivity index (χ1v) is 8.17. The van der Waals surface area contributed by atoms with Crippen LogP contribution in [-0.2, 0) is 0 Å². The molecule has 0 aliphatic carbocycles. The molecule has 0 aromatic heterocycles. The number of aliphatic hydroxyl groups is 1. The first-order chi connectivity index (χ1) is 11.7. The van der Waals surface area contributed by atoms with Crippen LogP contribution in [0.1, 0.15) is 18.0 Å². The number of hydrogen-bond acceptors (Lipinski definition) is 3. The van der Waals surface area contributed by atoms with Crippen LogP contribution in [0.4, 0.5) is 10.5 Å². The largest absolute Gasteiger partial charge is 0.394 e. The molecule has 0 unspecified atom stereocenters. The highest BCUT2D eigenvalue weighted by Gasteiger charge is 2.12. The molecule has 0 spiro atoms. The molecule has 0 radical (unpaired) electrons. The van der Waals surface area contributed by atoms with E-state index in [4.69, 9.17) is 0 Å². The van der Waals surface area contributed by atoms with Gasteiger partial charge in [-0.2, -0.15) is 0 Å². The van der Waals surface area contributed by atoms with Crippen molar-refractivity contribution in [3.8, 4) is 0 Å². The second kappa shape index (κ2) is 9.57. The first kappa shape index (κ1) is 17.8. The molecule has 0 saturated carbocycles. The van der Waals surface area contributed by atoms with Crippen molar-refractivity contribution in [2.45, 2.75) is 12.5 Å². The van der Waals surface area contributed by atoms with Gasteiger partial charge in [0, 0.05) is 25.8 Å². The molecular weight excluding hydrogens is 302 g/mol. The fourth-order valence-electron chi connectivity index (χ4n) is 2.46. The molecule has 0 aliphatic heterocycles. The quantitative estimate of drug-likeness (QED) is 0.653. The van der Waals surface area contributed by atoms with Crippen molar-refractivity contribution in [2.75, 3.05) is 31.6 Å². The Balaban J connectivity index is 1.69. The summed E-state index contributed by atoms with van der Waals surface area (Å²) in [6, 6.07) is 18.9. The van der Waals surface area contributed by atoms with E-state index in [1.807, 2.05) is 55.6 Å². The first-order valence-electron chi connectivity index (χ1n) is 8.17. The average Bonchev–Trinajstić information content (AvgIpc) is 2.64. The smallest absolute Gasteiger partial charge is 0.315 e. The molecule has 2 aromatic rings. The van der Waals surface area contributed by atoms with Crippen LogP contribution >= 0.6 is 0 Å². The third kappa shape index (κ3) is 5.59. The molecule has 0 saturated heterocycles. The number of rotatable bonds is 8. The average molecular weight is 327 g/mol. The van der Waals surface area contributed by atoms with Crippen molar-refractivity contribution < 1.29 is 9.90 Å². The number of hydrogen-bond donors (Lipinski definition) is 3. The standard InChI is InChI=1S/C19H25N3O2/c1-22(17-11-6-3-7-12-17)14-8-13-20-19(24)21-18(15-23)16-9-4-2-5-10-16/h2-7,9-12,18,23H,8,13-15H2,1H3,(H2,20,21,24)/t18-/m1/s1. The number of para-hydroxylation sites is 1. The predicted octanol–water partition coefficient (Wildman–Crippen LogP) is 2.55. The summed E-state index contributed by atoms with van der Waals surface area (Å²) in [5.74, 6) is 0. The highest BCUT2D eigenvalue weighted by molar-refractivity contribution is 5.74. The number of urea groups is 1. The van der Waals surface area contributed by atoms with Crippen molar-refractivity contribution in [1.82, 2.24) is 10.6 Å². The molecule has 1 atom stereocenters. The third-order valence-corrected chi connectivity index (χ3v) is 3.84. The van der Waals surface area contributed by atoms with Crippen LogP contribution in [0.25, 0.3) is 0 Å². The van der Waals surface area contributed by atoms with Crippen molar-refractivity contribution in [2.24, 2.45) is 0 Å². The number of carbonyl (C=O) groups excluding carboxylic acids is 1. The second-order valence-electron chi connectivity index (χ2n) is 5.66. The fraction of sp³-hybridized carbons (Fsp3) is 0.316. The van der Waals surface area contributed by atoms with E-state index < -0.39 is 6.04 Å². The van der Waals surface area contributed by atoms with E-state index in [1.165, 1.54) is 0 Å². The summed E-state index contributed by atoms with van der Waals surface area (Å²) in [5.41, 5.74) is 2.05. The maximum Gasteiger partial charge on any atom is 0.315 e. The number of carbonyl (C=O) groups is 1. The molecule has 2 amide bonds. The van der Waals surface area contributed by atoms with Gasteiger partial charge in [-0.1, -0.05) is 48.5 Å². The summed E-state index contributed by atoms with van der Waals surface area (Å²) < 4.78 is 0. The number of amides is 2. The number of nitrogens with one attached hydrogen (secondary N) is 2. The van der Waals surface area contributed by atoms with Crippen LogP contribution in [0.5, 0.6) is 0 Å². The Kier molecular flexibility index (Phi) is 7.11. The maximum absolute atomic E-state index is 12.0. The van der Waals surface area contributed by atoms with Crippen molar-refractivity contribution >= 4 is 11.7 Å². The molecule has 0 bridgehead atoms. The van der Waals surface area contributed by atoms with E-state index in [0.717, 1.165) is 24.2 Å². The van der Waals surface area contributed by atoms with Gasteiger partial charge in [-0.05, 0) is 24.1 Å². The fourth-order valence-corrected chi connectivity index (χ4v) is 2.46. The lowest BCUT2D eigenvalue weighted by Crippen LogP contribution is -2.40. The number of aliphatic hydroxyl groups excluding tert-OH is 1. The number of benzene rings is 2. The van der Waals surface area contributed by atoms with Gasteiger partial charge in [0.1, 0.15) is 0 Å². The molecule has 2 rings (SSSR count). The van der Waals surface area contributed by atoms with Crippen molar-refractivity contribution in [3.05, 3.63) is 66.2 Å². The van der Waals surface area contributed by atoms with Gasteiger partial charge in [0.25, 0.3) is 0 Å². The zero-order valence-electron chi connectivity index (χ0n) is 14.0. The molecule has 5 nitrogen and oxygen atoms in total. The molecule has 5 heteroatoms. The highest BCUT2D eigenvalue weighted by Crippen LogP contribution is 2.12. The monoisotopic (exact) mass is 327 g/mol. The molecule has 3 N–H and O–H groups in total. The lowest BCUT2D eigenvalue weighted by molar-refractivity contribution is 0.217. The minimum absolute atomic E-state index is 0.131. The summed E-state index contributed by atoms with van der Waals surface area (Å²) in [4.78, 5) is 14.1. The van der Waals surface area contributed by atoms with Crippen LogP contribution < -0.4 is 15.5 Å². The molecule has 128 valence electrons. The lowest BCUT2D eigenvalue weighted by Gasteiger charge is -2.20. The minimum atomic E-state index is -0.391. The van der Waals surface area contributed by atoms with Gasteiger partial charge in [0.15, 0.2) is 0 Å². The molecule has 24 heavy (non-hydrogen) atoms. The van der Waals surface area contributed by atoms with E-state index in [0.29, 0.717) is 6.54 Å². The highest BCUT2D eigenvalue weighted by atomic mass is 16.3. The third-order valence-electron chi connectivity index (χ3n) is 3.84. The zero-order valence-corrected chi connectivity index (χ0v) is 14.0. The van der Waals surface area contributed by atoms with Gasteiger partial charge < -0.3 is 20.6 Å². The normalized spacial score (nSPS) is 11.6. The van der Waals surface area contributed by atoms with Crippen LogP contribution in [-0.4, -0.2) is 37.9 Å². The van der Waals surface area contributed by atoms with Gasteiger partial charge in [0.2, 0.25) is 0 Å². The van der Waals surface area contributed by atoms with E-state index in [9.17, 15) is 9.90 Å². The second-order valence-corrected chi connectivity index (χ2v) is 5.66. The Hall–Kier alpha value is -2.53. The summed E-state index contributed by atoms with van der Waals surface area (Å²) in [6.45, 7) is 1.30. The predicted molar refractivity (Wildman–Crippen MR) is 97.1 cm³/mol. The van der Waals surface area contributed by atoms with Gasteiger partial charge in [-0.3, -0.25) is 0 Å². The van der Waals surface area contributed by atoms with Gasteiger partial charge in [-0.25, -0.2) is 4.79 Å².